The Morgan fingerprint density at radius 2 is 1.54 bits per heavy atom. The highest BCUT2D eigenvalue weighted by molar-refractivity contribution is 5.56. The lowest BCUT2D eigenvalue weighted by Crippen LogP contribution is -2.44. The van der Waals surface area contributed by atoms with Crippen molar-refractivity contribution in [2.24, 2.45) is 5.41 Å². The minimum atomic E-state index is 0.150. The molecule has 3 aliphatic carbocycles. The molecular formula is C22H28N2. The predicted molar refractivity (Wildman–Crippen MR) is 96.6 cm³/mol. The van der Waals surface area contributed by atoms with Gasteiger partial charge >= 0.3 is 0 Å². The molecule has 0 aliphatic heterocycles. The summed E-state index contributed by atoms with van der Waals surface area (Å²) in [7, 11) is 0. The predicted octanol–water partition coefficient (Wildman–Crippen LogP) is 5.91. The summed E-state index contributed by atoms with van der Waals surface area (Å²) in [5, 5.41) is 19.2. The third kappa shape index (κ3) is 2.73. The second kappa shape index (κ2) is 6.60. The summed E-state index contributed by atoms with van der Waals surface area (Å²) in [5.41, 5.74) is 4.06. The zero-order valence-electron chi connectivity index (χ0n) is 15.1. The number of fused-ring (bicyclic) bond motifs is 3. The highest BCUT2D eigenvalue weighted by atomic mass is 14.5. The van der Waals surface area contributed by atoms with Crippen LogP contribution in [-0.4, -0.2) is 0 Å². The van der Waals surface area contributed by atoms with Crippen LogP contribution < -0.4 is 0 Å². The van der Waals surface area contributed by atoms with Crippen molar-refractivity contribution in [3.63, 3.8) is 0 Å². The Hall–Kier alpha value is -1.80. The number of hydrogen-bond acceptors (Lipinski definition) is 2. The van der Waals surface area contributed by atoms with Gasteiger partial charge in [-0.15, -0.1) is 0 Å². The van der Waals surface area contributed by atoms with Crippen LogP contribution in [0, 0.1) is 35.0 Å². The molecule has 1 aromatic rings. The molecule has 4 rings (SSSR count). The average Bonchev–Trinajstić information content (AvgIpc) is 2.63. The van der Waals surface area contributed by atoms with E-state index < -0.39 is 0 Å². The van der Waals surface area contributed by atoms with E-state index in [1.807, 2.05) is 13.0 Å². The number of aryl methyl sites for hydroxylation is 1. The van der Waals surface area contributed by atoms with E-state index in [0.29, 0.717) is 16.5 Å². The van der Waals surface area contributed by atoms with Gasteiger partial charge in [0, 0.05) is 0 Å². The van der Waals surface area contributed by atoms with Crippen LogP contribution in [-0.2, 0) is 5.41 Å². The van der Waals surface area contributed by atoms with Gasteiger partial charge in [-0.1, -0.05) is 38.3 Å². The molecule has 2 heteroatoms. The standard InChI is InChI=1S/C22H28N2/c1-3-4-5-8-21-9-12-22(13-10-21,14-11-21)20-7-6-17(2)18(15-23)19(20)16-24/h6-7H,3-5,8-14H2,1-2H3. The van der Waals surface area contributed by atoms with Crippen molar-refractivity contribution in [1.29, 1.82) is 10.5 Å². The van der Waals surface area contributed by atoms with Gasteiger partial charge in [-0.3, -0.25) is 0 Å². The molecule has 0 radical (unpaired) electrons. The van der Waals surface area contributed by atoms with Crippen LogP contribution in [0.2, 0.25) is 0 Å². The number of hydrogen-bond donors (Lipinski definition) is 0. The van der Waals surface area contributed by atoms with Gasteiger partial charge in [-0.2, -0.15) is 10.5 Å². The van der Waals surface area contributed by atoms with E-state index in [-0.39, 0.29) is 5.41 Å². The Labute approximate surface area is 146 Å². The summed E-state index contributed by atoms with van der Waals surface area (Å²) in [6.45, 7) is 4.21. The fourth-order valence-corrected chi connectivity index (χ4v) is 5.20. The van der Waals surface area contributed by atoms with Gasteiger partial charge in [0.05, 0.1) is 11.1 Å². The second-order valence-corrected chi connectivity index (χ2v) is 8.14. The summed E-state index contributed by atoms with van der Waals surface area (Å²) in [6, 6.07) is 8.81. The third-order valence-electron chi connectivity index (χ3n) is 6.92. The van der Waals surface area contributed by atoms with Gasteiger partial charge in [0.25, 0.3) is 0 Å². The van der Waals surface area contributed by atoms with Gasteiger partial charge in [0.2, 0.25) is 0 Å². The molecular weight excluding hydrogens is 292 g/mol. The van der Waals surface area contributed by atoms with Crippen molar-refractivity contribution in [2.45, 2.75) is 83.5 Å². The first kappa shape index (κ1) is 17.0. The molecule has 0 atom stereocenters. The second-order valence-electron chi connectivity index (χ2n) is 8.14. The number of nitrogens with zero attached hydrogens (tertiary/aromatic N) is 2. The Kier molecular flexibility index (Phi) is 4.69. The van der Waals surface area contributed by atoms with Crippen molar-refractivity contribution in [2.75, 3.05) is 0 Å². The number of unbranched alkanes of at least 4 members (excludes halogenated alkanes) is 2. The zero-order valence-corrected chi connectivity index (χ0v) is 15.1. The molecule has 0 unspecified atom stereocenters. The van der Waals surface area contributed by atoms with Crippen LogP contribution in [0.1, 0.15) is 93.4 Å². The van der Waals surface area contributed by atoms with E-state index in [9.17, 15) is 10.5 Å². The summed E-state index contributed by atoms with van der Waals surface area (Å²) in [4.78, 5) is 0. The van der Waals surface area contributed by atoms with Gasteiger partial charge < -0.3 is 0 Å². The topological polar surface area (TPSA) is 47.6 Å². The van der Waals surface area contributed by atoms with Crippen molar-refractivity contribution in [3.8, 4) is 12.1 Å². The summed E-state index contributed by atoms with van der Waals surface area (Å²) >= 11 is 0. The number of benzene rings is 1. The number of nitriles is 2. The first-order valence-corrected chi connectivity index (χ1v) is 9.54. The largest absolute Gasteiger partial charge is 0.192 e. The van der Waals surface area contributed by atoms with Crippen molar-refractivity contribution < 1.29 is 0 Å². The van der Waals surface area contributed by atoms with E-state index in [2.05, 4.69) is 25.1 Å². The molecule has 0 saturated heterocycles. The lowest BCUT2D eigenvalue weighted by molar-refractivity contribution is 0.0304. The summed E-state index contributed by atoms with van der Waals surface area (Å²) in [5.74, 6) is 0. The monoisotopic (exact) mass is 320 g/mol. The molecule has 0 aromatic heterocycles. The molecule has 2 bridgehead atoms. The molecule has 24 heavy (non-hydrogen) atoms. The Balaban J connectivity index is 1.87. The highest BCUT2D eigenvalue weighted by Gasteiger charge is 2.49. The molecule has 0 spiro atoms. The van der Waals surface area contributed by atoms with Crippen molar-refractivity contribution in [1.82, 2.24) is 0 Å². The molecule has 0 N–H and O–H groups in total. The maximum Gasteiger partial charge on any atom is 0.101 e. The van der Waals surface area contributed by atoms with Gasteiger partial charge in [0.1, 0.15) is 12.1 Å². The lowest BCUT2D eigenvalue weighted by atomic mass is 9.50. The van der Waals surface area contributed by atoms with Gasteiger partial charge in [-0.05, 0) is 73.8 Å². The molecule has 3 aliphatic rings. The van der Waals surface area contributed by atoms with Gasteiger partial charge in [0.15, 0.2) is 0 Å². The Bertz CT molecular complexity index is 677. The van der Waals surface area contributed by atoms with Crippen molar-refractivity contribution >= 4 is 0 Å². The summed E-state index contributed by atoms with van der Waals surface area (Å²) < 4.78 is 0. The molecule has 0 heterocycles. The van der Waals surface area contributed by atoms with Crippen LogP contribution in [0.3, 0.4) is 0 Å². The van der Waals surface area contributed by atoms with E-state index in [4.69, 9.17) is 0 Å². The third-order valence-corrected chi connectivity index (χ3v) is 6.92. The molecule has 3 saturated carbocycles. The first-order valence-electron chi connectivity index (χ1n) is 9.54. The SMILES string of the molecule is CCCCCC12CCC(c3ccc(C)c(C#N)c3C#N)(CC1)CC2. The maximum atomic E-state index is 9.70. The molecule has 0 amide bonds. The normalized spacial score (nSPS) is 28.3. The fourth-order valence-electron chi connectivity index (χ4n) is 5.20. The first-order chi connectivity index (χ1) is 11.6. The molecule has 3 fully saturated rings. The average molecular weight is 320 g/mol. The fraction of sp³-hybridized carbons (Fsp3) is 0.636. The molecule has 126 valence electrons. The maximum absolute atomic E-state index is 9.70. The quantitative estimate of drug-likeness (QED) is 0.633. The van der Waals surface area contributed by atoms with E-state index in [1.54, 1.807) is 0 Å². The zero-order chi connectivity index (χ0) is 17.2. The molecule has 2 nitrogen and oxygen atoms in total. The van der Waals surface area contributed by atoms with E-state index in [0.717, 1.165) is 11.1 Å². The smallest absolute Gasteiger partial charge is 0.101 e. The van der Waals surface area contributed by atoms with Crippen LogP contribution in [0.4, 0.5) is 0 Å². The van der Waals surface area contributed by atoms with Crippen LogP contribution in [0.15, 0.2) is 12.1 Å². The number of rotatable bonds is 5. The minimum Gasteiger partial charge on any atom is -0.192 e. The van der Waals surface area contributed by atoms with Crippen LogP contribution in [0.5, 0.6) is 0 Å². The minimum absolute atomic E-state index is 0.150. The Morgan fingerprint density at radius 1 is 0.917 bits per heavy atom. The van der Waals surface area contributed by atoms with E-state index in [1.165, 1.54) is 64.2 Å². The lowest BCUT2D eigenvalue weighted by Gasteiger charge is -2.54. The van der Waals surface area contributed by atoms with Crippen LogP contribution in [0.25, 0.3) is 0 Å². The Morgan fingerprint density at radius 3 is 2.08 bits per heavy atom. The van der Waals surface area contributed by atoms with E-state index >= 15 is 0 Å². The van der Waals surface area contributed by atoms with Crippen molar-refractivity contribution in [3.05, 3.63) is 34.4 Å². The molecule has 1 aromatic carbocycles. The summed E-state index contributed by atoms with van der Waals surface area (Å²) in [6.07, 6.45) is 12.9. The van der Waals surface area contributed by atoms with Gasteiger partial charge in [-0.25, -0.2) is 0 Å². The van der Waals surface area contributed by atoms with Crippen LogP contribution >= 0.6 is 0 Å². The highest BCUT2D eigenvalue weighted by Crippen LogP contribution is 2.60.